The quantitative estimate of drug-likeness (QED) is 0.792. The standard InChI is InChI=1S/C18H27BO3/c1-13-9-8-10-15(11-13)18(7,12-14(2)20)19-21-16(3,4)17(5,6)22-19/h8-11H,12H2,1-7H3/t18-/m1/s1. The van der Waals surface area contributed by atoms with Gasteiger partial charge in [-0.25, -0.2) is 0 Å². The largest absolute Gasteiger partial charge is 0.469 e. The van der Waals surface area contributed by atoms with E-state index in [4.69, 9.17) is 9.31 Å². The normalized spacial score (nSPS) is 22.4. The Labute approximate surface area is 134 Å². The predicted molar refractivity (Wildman–Crippen MR) is 89.9 cm³/mol. The average Bonchev–Trinajstić information content (AvgIpc) is 2.58. The number of hydrogen-bond acceptors (Lipinski definition) is 3. The zero-order chi connectivity index (χ0) is 16.8. The van der Waals surface area contributed by atoms with Crippen molar-refractivity contribution in [2.75, 3.05) is 0 Å². The monoisotopic (exact) mass is 302 g/mol. The zero-order valence-corrected chi connectivity index (χ0v) is 14.8. The van der Waals surface area contributed by atoms with Crippen LogP contribution in [0.4, 0.5) is 0 Å². The fourth-order valence-electron chi connectivity index (χ4n) is 2.94. The molecule has 1 aromatic rings. The third kappa shape index (κ3) is 2.99. The molecule has 0 aromatic heterocycles. The van der Waals surface area contributed by atoms with Crippen LogP contribution in [0.1, 0.15) is 59.1 Å². The summed E-state index contributed by atoms with van der Waals surface area (Å²) in [5.74, 6) is 0.138. The van der Waals surface area contributed by atoms with E-state index >= 15 is 0 Å². The van der Waals surface area contributed by atoms with Crippen LogP contribution in [0.3, 0.4) is 0 Å². The second-order valence-electron chi connectivity index (χ2n) is 7.75. The lowest BCUT2D eigenvalue weighted by Gasteiger charge is -2.32. The highest BCUT2D eigenvalue weighted by atomic mass is 16.7. The summed E-state index contributed by atoms with van der Waals surface area (Å²) < 4.78 is 12.5. The number of rotatable bonds is 4. The molecule has 0 unspecified atom stereocenters. The molecule has 1 saturated heterocycles. The lowest BCUT2D eigenvalue weighted by atomic mass is 9.53. The molecular formula is C18H27BO3. The molecule has 0 saturated carbocycles. The third-order valence-electron chi connectivity index (χ3n) is 5.07. The fraction of sp³-hybridized carbons (Fsp3) is 0.611. The van der Waals surface area contributed by atoms with Gasteiger partial charge in [0.05, 0.1) is 11.2 Å². The summed E-state index contributed by atoms with van der Waals surface area (Å²) in [6.45, 7) is 13.9. The Kier molecular flexibility index (Phi) is 4.31. The first kappa shape index (κ1) is 17.2. The van der Waals surface area contributed by atoms with E-state index in [1.54, 1.807) is 6.92 Å². The number of carbonyl (C=O) groups is 1. The van der Waals surface area contributed by atoms with Crippen molar-refractivity contribution in [3.63, 3.8) is 0 Å². The number of aryl methyl sites for hydroxylation is 1. The average molecular weight is 302 g/mol. The summed E-state index contributed by atoms with van der Waals surface area (Å²) >= 11 is 0. The highest BCUT2D eigenvalue weighted by Gasteiger charge is 2.58. The molecule has 1 atom stereocenters. The Morgan fingerprint density at radius 1 is 1.18 bits per heavy atom. The van der Waals surface area contributed by atoms with Gasteiger partial charge < -0.3 is 14.1 Å². The maximum atomic E-state index is 11.9. The number of Topliss-reactive ketones (excluding diaryl/α,β-unsaturated/α-hetero) is 1. The molecular weight excluding hydrogens is 275 g/mol. The predicted octanol–water partition coefficient (Wildman–Crippen LogP) is 3.86. The first-order chi connectivity index (χ1) is 9.98. The van der Waals surface area contributed by atoms with Gasteiger partial charge in [0, 0.05) is 11.7 Å². The maximum absolute atomic E-state index is 11.9. The van der Waals surface area contributed by atoms with Crippen LogP contribution in [-0.4, -0.2) is 24.1 Å². The van der Waals surface area contributed by atoms with Crippen molar-refractivity contribution < 1.29 is 14.1 Å². The lowest BCUT2D eigenvalue weighted by Crippen LogP contribution is -2.45. The van der Waals surface area contributed by atoms with Crippen LogP contribution in [0.2, 0.25) is 0 Å². The van der Waals surface area contributed by atoms with Crippen LogP contribution in [0.5, 0.6) is 0 Å². The Bertz CT molecular complexity index is 563. The van der Waals surface area contributed by atoms with Crippen LogP contribution in [0, 0.1) is 6.92 Å². The van der Waals surface area contributed by atoms with Gasteiger partial charge in [0.15, 0.2) is 0 Å². The molecule has 0 radical (unpaired) electrons. The van der Waals surface area contributed by atoms with Crippen molar-refractivity contribution >= 4 is 12.9 Å². The number of hydrogen-bond donors (Lipinski definition) is 0. The summed E-state index contributed by atoms with van der Waals surface area (Å²) in [4.78, 5) is 11.9. The molecule has 0 amide bonds. The molecule has 0 spiro atoms. The van der Waals surface area contributed by atoms with Crippen LogP contribution < -0.4 is 0 Å². The van der Waals surface area contributed by atoms with Crippen molar-refractivity contribution in [3.8, 4) is 0 Å². The molecule has 0 aliphatic carbocycles. The Morgan fingerprint density at radius 3 is 2.18 bits per heavy atom. The van der Waals surface area contributed by atoms with Gasteiger partial charge in [-0.2, -0.15) is 0 Å². The Morgan fingerprint density at radius 2 is 1.73 bits per heavy atom. The van der Waals surface area contributed by atoms with Crippen molar-refractivity contribution in [3.05, 3.63) is 35.4 Å². The summed E-state index contributed by atoms with van der Waals surface area (Å²) in [6, 6.07) is 8.26. The van der Waals surface area contributed by atoms with E-state index in [0.29, 0.717) is 6.42 Å². The van der Waals surface area contributed by atoms with Crippen LogP contribution in [-0.2, 0) is 19.4 Å². The van der Waals surface area contributed by atoms with E-state index in [1.807, 2.05) is 33.8 Å². The maximum Gasteiger partial charge on any atom is 0.469 e. The van der Waals surface area contributed by atoms with E-state index in [-0.39, 0.29) is 5.78 Å². The molecule has 1 fully saturated rings. The lowest BCUT2D eigenvalue weighted by molar-refractivity contribution is -0.117. The van der Waals surface area contributed by atoms with Gasteiger partial charge in [0.1, 0.15) is 5.78 Å². The molecule has 120 valence electrons. The number of ketones is 1. The fourth-order valence-corrected chi connectivity index (χ4v) is 2.94. The zero-order valence-electron chi connectivity index (χ0n) is 14.8. The van der Waals surface area contributed by atoms with Gasteiger partial charge in [-0.15, -0.1) is 0 Å². The van der Waals surface area contributed by atoms with E-state index in [9.17, 15) is 4.79 Å². The van der Waals surface area contributed by atoms with Crippen LogP contribution in [0.15, 0.2) is 24.3 Å². The first-order valence-electron chi connectivity index (χ1n) is 7.90. The molecule has 0 bridgehead atoms. The Hall–Kier alpha value is -1.13. The number of carbonyl (C=O) groups excluding carboxylic acids is 1. The van der Waals surface area contributed by atoms with E-state index in [0.717, 1.165) is 5.56 Å². The molecule has 1 aromatic carbocycles. The Balaban J connectivity index is 2.45. The van der Waals surface area contributed by atoms with Gasteiger partial charge in [0.25, 0.3) is 0 Å². The third-order valence-corrected chi connectivity index (χ3v) is 5.07. The minimum atomic E-state index is -0.497. The molecule has 1 heterocycles. The van der Waals surface area contributed by atoms with Crippen LogP contribution in [0.25, 0.3) is 0 Å². The van der Waals surface area contributed by atoms with Crippen molar-refractivity contribution in [2.45, 2.75) is 71.4 Å². The van der Waals surface area contributed by atoms with E-state index < -0.39 is 23.6 Å². The second-order valence-corrected chi connectivity index (χ2v) is 7.75. The summed E-state index contributed by atoms with van der Waals surface area (Å²) in [7, 11) is -0.441. The topological polar surface area (TPSA) is 35.5 Å². The van der Waals surface area contributed by atoms with Crippen LogP contribution >= 0.6 is 0 Å². The van der Waals surface area contributed by atoms with Gasteiger partial charge in [0.2, 0.25) is 0 Å². The van der Waals surface area contributed by atoms with E-state index in [2.05, 4.69) is 32.0 Å². The molecule has 1 aliphatic rings. The van der Waals surface area contributed by atoms with Gasteiger partial charge >= 0.3 is 7.12 Å². The van der Waals surface area contributed by atoms with E-state index in [1.165, 1.54) is 5.56 Å². The summed E-state index contributed by atoms with van der Waals surface area (Å²) in [5.41, 5.74) is 1.45. The highest BCUT2D eigenvalue weighted by molar-refractivity contribution is 6.50. The molecule has 22 heavy (non-hydrogen) atoms. The number of benzene rings is 1. The molecule has 3 nitrogen and oxygen atoms in total. The molecule has 4 heteroatoms. The van der Waals surface area contributed by atoms with Gasteiger partial charge in [-0.3, -0.25) is 0 Å². The smallest absolute Gasteiger partial charge is 0.403 e. The molecule has 0 N–H and O–H groups in total. The van der Waals surface area contributed by atoms with Gasteiger partial charge in [-0.05, 0) is 47.1 Å². The van der Waals surface area contributed by atoms with Crippen molar-refractivity contribution in [2.24, 2.45) is 0 Å². The van der Waals surface area contributed by atoms with Crippen molar-refractivity contribution in [1.82, 2.24) is 0 Å². The first-order valence-corrected chi connectivity index (χ1v) is 7.90. The summed E-state index contributed by atoms with van der Waals surface area (Å²) in [6.07, 6.45) is 0.396. The SMILES string of the molecule is CC(=O)C[C@@](C)(B1OC(C)(C)C(C)(C)O1)c1cccc(C)c1. The summed E-state index contributed by atoms with van der Waals surface area (Å²) in [5, 5.41) is -0.497. The molecule has 2 rings (SSSR count). The van der Waals surface area contributed by atoms with Gasteiger partial charge in [-0.1, -0.05) is 36.8 Å². The highest BCUT2D eigenvalue weighted by Crippen LogP contribution is 2.44. The minimum Gasteiger partial charge on any atom is -0.403 e. The minimum absolute atomic E-state index is 0.138. The van der Waals surface area contributed by atoms with Crippen molar-refractivity contribution in [1.29, 1.82) is 0 Å². The molecule has 1 aliphatic heterocycles. The second kappa shape index (κ2) is 5.50.